The summed E-state index contributed by atoms with van der Waals surface area (Å²) < 4.78 is 5.68. The maximum atomic E-state index is 10.3. The lowest BCUT2D eigenvalue weighted by atomic mass is 9.81. The number of ether oxygens (including phenoxy) is 1. The monoisotopic (exact) mass is 170 g/mol. The van der Waals surface area contributed by atoms with Gasteiger partial charge in [-0.3, -0.25) is 0 Å². The van der Waals surface area contributed by atoms with Crippen molar-refractivity contribution in [2.24, 2.45) is 0 Å². The summed E-state index contributed by atoms with van der Waals surface area (Å²) in [6, 6.07) is 0. The third-order valence-corrected chi connectivity index (χ3v) is 3.63. The van der Waals surface area contributed by atoms with Gasteiger partial charge in [-0.25, -0.2) is 0 Å². The lowest BCUT2D eigenvalue weighted by Gasteiger charge is -2.38. The minimum absolute atomic E-state index is 0.233. The Morgan fingerprint density at radius 1 is 1.08 bits per heavy atom. The molecule has 1 heterocycles. The van der Waals surface area contributed by atoms with Crippen LogP contribution in [0.15, 0.2) is 0 Å². The molecular formula is C10H18O2. The molecule has 1 N–H and O–H groups in total. The van der Waals surface area contributed by atoms with Crippen molar-refractivity contribution in [2.45, 2.75) is 56.7 Å². The second kappa shape index (κ2) is 2.71. The summed E-state index contributed by atoms with van der Waals surface area (Å²) in [5.41, 5.74) is -0.743. The highest BCUT2D eigenvalue weighted by Crippen LogP contribution is 2.45. The smallest absolute Gasteiger partial charge is 0.0940 e. The summed E-state index contributed by atoms with van der Waals surface area (Å²) in [6.07, 6.45) is 6.33. The van der Waals surface area contributed by atoms with Crippen LogP contribution in [0.1, 0.15) is 45.4 Å². The minimum atomic E-state index is -0.510. The van der Waals surface area contributed by atoms with Gasteiger partial charge < -0.3 is 9.84 Å². The van der Waals surface area contributed by atoms with Gasteiger partial charge in [0.05, 0.1) is 11.2 Å². The molecule has 0 bridgehead atoms. The molecule has 2 rings (SSSR count). The highest BCUT2D eigenvalue weighted by molar-refractivity contribution is 5.02. The van der Waals surface area contributed by atoms with E-state index in [1.165, 1.54) is 0 Å². The van der Waals surface area contributed by atoms with Gasteiger partial charge in [0.25, 0.3) is 0 Å². The van der Waals surface area contributed by atoms with E-state index in [0.29, 0.717) is 0 Å². The molecule has 1 unspecified atom stereocenters. The van der Waals surface area contributed by atoms with Crippen molar-refractivity contribution < 1.29 is 9.84 Å². The van der Waals surface area contributed by atoms with Gasteiger partial charge in [-0.05, 0) is 32.6 Å². The van der Waals surface area contributed by atoms with Crippen molar-refractivity contribution in [1.29, 1.82) is 0 Å². The molecule has 0 radical (unpaired) electrons. The highest BCUT2D eigenvalue weighted by Gasteiger charge is 2.50. The molecule has 2 aliphatic rings. The summed E-state index contributed by atoms with van der Waals surface area (Å²) >= 11 is 0. The van der Waals surface area contributed by atoms with Crippen LogP contribution in [-0.4, -0.2) is 22.9 Å². The van der Waals surface area contributed by atoms with Crippen LogP contribution >= 0.6 is 0 Å². The molecule has 0 aromatic rings. The fraction of sp³-hybridized carbons (Fsp3) is 1.00. The van der Waals surface area contributed by atoms with Crippen LogP contribution in [0.5, 0.6) is 0 Å². The Morgan fingerprint density at radius 2 is 1.75 bits per heavy atom. The van der Waals surface area contributed by atoms with Gasteiger partial charge in [-0.2, -0.15) is 0 Å². The number of rotatable bonds is 1. The van der Waals surface area contributed by atoms with Crippen LogP contribution in [-0.2, 0) is 4.74 Å². The van der Waals surface area contributed by atoms with Gasteiger partial charge >= 0.3 is 0 Å². The molecule has 1 atom stereocenters. The van der Waals surface area contributed by atoms with Crippen LogP contribution in [0.4, 0.5) is 0 Å². The molecule has 0 aromatic heterocycles. The number of hydrogen-bond donors (Lipinski definition) is 1. The standard InChI is InChI=1S/C10H18O2/c1-9(5-4-8-12-9)10(11)6-2-3-7-10/h11H,2-8H2,1H3. The first-order valence-electron chi connectivity index (χ1n) is 5.03. The zero-order valence-electron chi connectivity index (χ0n) is 7.81. The highest BCUT2D eigenvalue weighted by atomic mass is 16.5. The Morgan fingerprint density at radius 3 is 2.25 bits per heavy atom. The number of aliphatic hydroxyl groups is 1. The molecule has 1 saturated heterocycles. The Hall–Kier alpha value is -0.0800. The van der Waals surface area contributed by atoms with E-state index in [4.69, 9.17) is 4.74 Å². The quantitative estimate of drug-likeness (QED) is 0.651. The van der Waals surface area contributed by atoms with Crippen molar-refractivity contribution >= 4 is 0 Å². The molecule has 2 fully saturated rings. The third-order valence-electron chi connectivity index (χ3n) is 3.63. The van der Waals surface area contributed by atoms with Crippen molar-refractivity contribution in [1.82, 2.24) is 0 Å². The molecule has 2 heteroatoms. The number of hydrogen-bond acceptors (Lipinski definition) is 2. The average molecular weight is 170 g/mol. The second-order valence-electron chi connectivity index (χ2n) is 4.42. The molecule has 0 aromatic carbocycles. The lowest BCUT2D eigenvalue weighted by molar-refractivity contribution is -0.146. The van der Waals surface area contributed by atoms with E-state index in [-0.39, 0.29) is 5.60 Å². The molecule has 70 valence electrons. The van der Waals surface area contributed by atoms with E-state index >= 15 is 0 Å². The largest absolute Gasteiger partial charge is 0.387 e. The summed E-state index contributed by atoms with van der Waals surface area (Å²) in [4.78, 5) is 0. The van der Waals surface area contributed by atoms with Crippen LogP contribution in [0, 0.1) is 0 Å². The van der Waals surface area contributed by atoms with Gasteiger partial charge in [-0.15, -0.1) is 0 Å². The molecule has 12 heavy (non-hydrogen) atoms. The predicted octanol–water partition coefficient (Wildman–Crippen LogP) is 1.86. The van der Waals surface area contributed by atoms with Crippen molar-refractivity contribution in [3.05, 3.63) is 0 Å². The van der Waals surface area contributed by atoms with Gasteiger partial charge in [0, 0.05) is 6.61 Å². The van der Waals surface area contributed by atoms with E-state index in [2.05, 4.69) is 6.92 Å². The first-order chi connectivity index (χ1) is 5.66. The zero-order chi connectivity index (χ0) is 8.66. The first kappa shape index (κ1) is 8.52. The minimum Gasteiger partial charge on any atom is -0.387 e. The Kier molecular flexibility index (Phi) is 1.92. The SMILES string of the molecule is CC1(C2(O)CCCC2)CCCO1. The van der Waals surface area contributed by atoms with Crippen LogP contribution in [0.2, 0.25) is 0 Å². The molecular weight excluding hydrogens is 152 g/mol. The molecule has 0 spiro atoms. The fourth-order valence-electron chi connectivity index (χ4n) is 2.63. The van der Waals surface area contributed by atoms with E-state index in [0.717, 1.165) is 45.1 Å². The Balaban J connectivity index is 2.14. The van der Waals surface area contributed by atoms with Gasteiger partial charge in [-0.1, -0.05) is 12.8 Å². The maximum absolute atomic E-state index is 10.3. The lowest BCUT2D eigenvalue weighted by Crippen LogP contribution is -2.49. The summed E-state index contributed by atoms with van der Waals surface area (Å²) in [5.74, 6) is 0. The molecule has 2 nitrogen and oxygen atoms in total. The Labute approximate surface area is 73.9 Å². The van der Waals surface area contributed by atoms with Crippen LogP contribution in [0.3, 0.4) is 0 Å². The van der Waals surface area contributed by atoms with Crippen molar-refractivity contribution in [2.75, 3.05) is 6.61 Å². The average Bonchev–Trinajstić information content (AvgIpc) is 2.60. The molecule has 0 amide bonds. The summed E-state index contributed by atoms with van der Waals surface area (Å²) in [7, 11) is 0. The molecule has 1 aliphatic carbocycles. The third kappa shape index (κ3) is 1.09. The van der Waals surface area contributed by atoms with E-state index in [1.807, 2.05) is 0 Å². The normalized spacial score (nSPS) is 40.5. The predicted molar refractivity (Wildman–Crippen MR) is 47.0 cm³/mol. The van der Waals surface area contributed by atoms with Gasteiger partial charge in [0.2, 0.25) is 0 Å². The fourth-order valence-corrected chi connectivity index (χ4v) is 2.63. The summed E-state index contributed by atoms with van der Waals surface area (Å²) in [6.45, 7) is 2.91. The van der Waals surface area contributed by atoms with Crippen LogP contribution < -0.4 is 0 Å². The van der Waals surface area contributed by atoms with Crippen LogP contribution in [0.25, 0.3) is 0 Å². The maximum Gasteiger partial charge on any atom is 0.0940 e. The van der Waals surface area contributed by atoms with Crippen molar-refractivity contribution in [3.63, 3.8) is 0 Å². The van der Waals surface area contributed by atoms with Gasteiger partial charge in [0.1, 0.15) is 0 Å². The van der Waals surface area contributed by atoms with Gasteiger partial charge in [0.15, 0.2) is 0 Å². The summed E-state index contributed by atoms with van der Waals surface area (Å²) in [5, 5.41) is 10.3. The molecule has 1 aliphatic heterocycles. The first-order valence-corrected chi connectivity index (χ1v) is 5.03. The van der Waals surface area contributed by atoms with E-state index in [9.17, 15) is 5.11 Å². The molecule has 1 saturated carbocycles. The van der Waals surface area contributed by atoms with Crippen molar-refractivity contribution in [3.8, 4) is 0 Å². The Bertz CT molecular complexity index is 145. The van der Waals surface area contributed by atoms with E-state index in [1.54, 1.807) is 0 Å². The zero-order valence-corrected chi connectivity index (χ0v) is 7.81. The second-order valence-corrected chi connectivity index (χ2v) is 4.42. The topological polar surface area (TPSA) is 29.5 Å². The van der Waals surface area contributed by atoms with E-state index < -0.39 is 5.60 Å².